The molecule has 1 aromatic heterocycles. The minimum absolute atomic E-state index is 0.0296. The second-order valence-corrected chi connectivity index (χ2v) is 6.83. The van der Waals surface area contributed by atoms with Crippen LogP contribution in [0.2, 0.25) is 0 Å². The first-order valence-corrected chi connectivity index (χ1v) is 8.63. The van der Waals surface area contributed by atoms with Crippen molar-refractivity contribution in [3.63, 3.8) is 0 Å². The maximum Gasteiger partial charge on any atom is 0.276 e. The Morgan fingerprint density at radius 3 is 2.92 bits per heavy atom. The van der Waals surface area contributed by atoms with Gasteiger partial charge < -0.3 is 4.90 Å². The molecule has 0 radical (unpaired) electrons. The molecule has 0 bridgehead atoms. The lowest BCUT2D eigenvalue weighted by atomic mass is 9.96. The summed E-state index contributed by atoms with van der Waals surface area (Å²) in [4.78, 5) is 26.3. The molecule has 1 unspecified atom stereocenters. The highest BCUT2D eigenvalue weighted by molar-refractivity contribution is 7.10. The van der Waals surface area contributed by atoms with Gasteiger partial charge in [0.15, 0.2) is 0 Å². The monoisotopic (exact) mass is 348 g/mol. The second kappa shape index (κ2) is 6.32. The van der Waals surface area contributed by atoms with Gasteiger partial charge in [-0.05, 0) is 42.8 Å². The summed E-state index contributed by atoms with van der Waals surface area (Å²) in [6.07, 6.45) is 1.50. The van der Waals surface area contributed by atoms with E-state index in [0.717, 1.165) is 24.5 Å². The predicted molar refractivity (Wildman–Crippen MR) is 89.9 cm³/mol. The molecular formula is C17H17FN2O3S. The molecular weight excluding hydrogens is 331 g/mol. The summed E-state index contributed by atoms with van der Waals surface area (Å²) in [6, 6.07) is 4.22. The first-order valence-electron chi connectivity index (χ1n) is 7.75. The molecule has 7 heteroatoms. The summed E-state index contributed by atoms with van der Waals surface area (Å²) in [5, 5.41) is 13.1. The van der Waals surface area contributed by atoms with Crippen molar-refractivity contribution in [1.29, 1.82) is 0 Å². The molecule has 2 heterocycles. The number of hydrogen-bond acceptors (Lipinski definition) is 4. The maximum atomic E-state index is 14.0. The number of thiophene rings is 1. The van der Waals surface area contributed by atoms with Crippen molar-refractivity contribution < 1.29 is 14.1 Å². The Bertz CT molecular complexity index is 818. The zero-order valence-electron chi connectivity index (χ0n) is 13.4. The van der Waals surface area contributed by atoms with E-state index < -0.39 is 10.7 Å². The molecule has 1 aliphatic rings. The van der Waals surface area contributed by atoms with E-state index in [1.807, 2.05) is 18.4 Å². The van der Waals surface area contributed by atoms with Gasteiger partial charge in [0.05, 0.1) is 16.5 Å². The van der Waals surface area contributed by atoms with Crippen LogP contribution in [0.4, 0.5) is 10.1 Å². The van der Waals surface area contributed by atoms with Crippen LogP contribution in [0.1, 0.15) is 45.7 Å². The summed E-state index contributed by atoms with van der Waals surface area (Å²) in [6.45, 7) is 3.87. The van der Waals surface area contributed by atoms with Crippen LogP contribution >= 0.6 is 11.3 Å². The summed E-state index contributed by atoms with van der Waals surface area (Å²) in [7, 11) is 0. The van der Waals surface area contributed by atoms with E-state index in [2.05, 4.69) is 0 Å². The molecule has 126 valence electrons. The van der Waals surface area contributed by atoms with Crippen molar-refractivity contribution >= 4 is 22.9 Å². The molecule has 0 saturated heterocycles. The van der Waals surface area contributed by atoms with E-state index in [9.17, 15) is 19.3 Å². The average Bonchev–Trinajstić information content (AvgIpc) is 3.03. The molecule has 1 amide bonds. The summed E-state index contributed by atoms with van der Waals surface area (Å²) in [5.41, 5.74) is 0.744. The molecule has 1 aliphatic heterocycles. The van der Waals surface area contributed by atoms with Crippen molar-refractivity contribution in [1.82, 2.24) is 4.90 Å². The van der Waals surface area contributed by atoms with Gasteiger partial charge in [0.2, 0.25) is 0 Å². The molecule has 24 heavy (non-hydrogen) atoms. The van der Waals surface area contributed by atoms with Gasteiger partial charge in [0.1, 0.15) is 5.82 Å². The topological polar surface area (TPSA) is 63.5 Å². The van der Waals surface area contributed by atoms with Crippen LogP contribution in [0.5, 0.6) is 0 Å². The fraction of sp³-hybridized carbons (Fsp3) is 0.353. The lowest BCUT2D eigenvalue weighted by molar-refractivity contribution is -0.385. The van der Waals surface area contributed by atoms with Gasteiger partial charge in [-0.3, -0.25) is 14.9 Å². The van der Waals surface area contributed by atoms with E-state index >= 15 is 0 Å². The molecule has 0 N–H and O–H groups in total. The van der Waals surface area contributed by atoms with Crippen LogP contribution in [-0.4, -0.2) is 22.3 Å². The number of nitro groups is 1. The smallest absolute Gasteiger partial charge is 0.276 e. The van der Waals surface area contributed by atoms with Gasteiger partial charge in [-0.2, -0.15) is 0 Å². The Labute approximate surface area is 142 Å². The van der Waals surface area contributed by atoms with Crippen LogP contribution in [0.25, 0.3) is 0 Å². The normalized spacial score (nSPS) is 16.8. The van der Waals surface area contributed by atoms with Crippen molar-refractivity contribution in [2.24, 2.45) is 0 Å². The van der Waals surface area contributed by atoms with Gasteiger partial charge in [-0.25, -0.2) is 4.39 Å². The van der Waals surface area contributed by atoms with Crippen LogP contribution < -0.4 is 0 Å². The van der Waals surface area contributed by atoms with E-state index in [4.69, 9.17) is 0 Å². The number of carbonyl (C=O) groups is 1. The molecule has 2 aromatic rings. The third kappa shape index (κ3) is 2.69. The standard InChI is InChI=1S/C17H17FN2O3S/c1-3-14-12-5-7-24-16(12)4-6-19(14)17(21)11-8-13(18)10(2)15(9-11)20(22)23/h5,7-9,14H,3-4,6H2,1-2H3. The number of hydrogen-bond donors (Lipinski definition) is 0. The van der Waals surface area contributed by atoms with Crippen molar-refractivity contribution in [3.05, 3.63) is 61.1 Å². The summed E-state index contributed by atoms with van der Waals surface area (Å²) < 4.78 is 14.0. The third-order valence-electron chi connectivity index (χ3n) is 4.50. The van der Waals surface area contributed by atoms with E-state index in [-0.39, 0.29) is 28.8 Å². The van der Waals surface area contributed by atoms with Crippen molar-refractivity contribution in [2.75, 3.05) is 6.54 Å². The number of benzene rings is 1. The largest absolute Gasteiger partial charge is 0.331 e. The quantitative estimate of drug-likeness (QED) is 0.615. The molecule has 0 spiro atoms. The van der Waals surface area contributed by atoms with Crippen molar-refractivity contribution in [3.8, 4) is 0 Å². The Hall–Kier alpha value is -2.28. The SMILES string of the molecule is CCC1c2ccsc2CCN1C(=O)c1cc(F)c(C)c([N+](=O)[O-])c1. The Morgan fingerprint density at radius 2 is 2.25 bits per heavy atom. The molecule has 1 aromatic carbocycles. The highest BCUT2D eigenvalue weighted by Gasteiger charge is 2.32. The lowest BCUT2D eigenvalue weighted by Crippen LogP contribution is -2.39. The summed E-state index contributed by atoms with van der Waals surface area (Å²) >= 11 is 1.68. The third-order valence-corrected chi connectivity index (χ3v) is 5.50. The molecule has 0 aliphatic carbocycles. The minimum atomic E-state index is -0.728. The molecule has 3 rings (SSSR count). The molecule has 0 saturated carbocycles. The Morgan fingerprint density at radius 1 is 1.50 bits per heavy atom. The fourth-order valence-corrected chi connectivity index (χ4v) is 4.15. The molecule has 5 nitrogen and oxygen atoms in total. The zero-order chi connectivity index (χ0) is 17.4. The Kier molecular flexibility index (Phi) is 4.36. The van der Waals surface area contributed by atoms with Gasteiger partial charge in [0, 0.05) is 23.1 Å². The average molecular weight is 348 g/mol. The first kappa shape index (κ1) is 16.6. The van der Waals surface area contributed by atoms with Crippen LogP contribution in [-0.2, 0) is 6.42 Å². The summed E-state index contributed by atoms with van der Waals surface area (Å²) in [5.74, 6) is -1.09. The Balaban J connectivity index is 1.99. The fourth-order valence-electron chi connectivity index (χ4n) is 3.22. The second-order valence-electron chi connectivity index (χ2n) is 5.83. The number of nitrogens with zero attached hydrogens (tertiary/aromatic N) is 2. The molecule has 1 atom stereocenters. The highest BCUT2D eigenvalue weighted by Crippen LogP contribution is 2.36. The van der Waals surface area contributed by atoms with E-state index in [1.54, 1.807) is 16.2 Å². The predicted octanol–water partition coefficient (Wildman–Crippen LogP) is 4.25. The van der Waals surface area contributed by atoms with Gasteiger partial charge in [0.25, 0.3) is 11.6 Å². The number of fused-ring (bicyclic) bond motifs is 1. The first-order chi connectivity index (χ1) is 11.4. The molecule has 0 fully saturated rings. The van der Waals surface area contributed by atoms with Crippen LogP contribution in [0, 0.1) is 22.9 Å². The number of amides is 1. The maximum absolute atomic E-state index is 14.0. The number of rotatable bonds is 3. The number of nitro benzene ring substituents is 1. The van der Waals surface area contributed by atoms with E-state index in [1.165, 1.54) is 17.9 Å². The van der Waals surface area contributed by atoms with Gasteiger partial charge >= 0.3 is 0 Å². The minimum Gasteiger partial charge on any atom is -0.331 e. The van der Waals surface area contributed by atoms with Crippen LogP contribution in [0.3, 0.4) is 0 Å². The van der Waals surface area contributed by atoms with E-state index in [0.29, 0.717) is 6.54 Å². The van der Waals surface area contributed by atoms with Crippen LogP contribution in [0.15, 0.2) is 23.6 Å². The lowest BCUT2D eigenvalue weighted by Gasteiger charge is -2.35. The van der Waals surface area contributed by atoms with Crippen molar-refractivity contribution in [2.45, 2.75) is 32.7 Å². The van der Waals surface area contributed by atoms with Gasteiger partial charge in [-0.1, -0.05) is 6.92 Å². The number of carbonyl (C=O) groups excluding carboxylic acids is 1. The number of halogens is 1. The highest BCUT2D eigenvalue weighted by atomic mass is 32.1. The zero-order valence-corrected chi connectivity index (χ0v) is 14.2. The van der Waals surface area contributed by atoms with Gasteiger partial charge in [-0.15, -0.1) is 11.3 Å².